The van der Waals surface area contributed by atoms with Crippen LogP contribution in [0, 0.1) is 6.92 Å². The van der Waals surface area contributed by atoms with Gasteiger partial charge in [0, 0.05) is 23.2 Å². The Kier molecular flexibility index (Phi) is 4.63. The van der Waals surface area contributed by atoms with Crippen molar-refractivity contribution in [2.45, 2.75) is 20.8 Å². The van der Waals surface area contributed by atoms with E-state index in [0.29, 0.717) is 5.82 Å². The molecule has 5 heteroatoms. The predicted molar refractivity (Wildman–Crippen MR) is 89.1 cm³/mol. The zero-order valence-electron chi connectivity index (χ0n) is 12.6. The van der Waals surface area contributed by atoms with E-state index in [9.17, 15) is 4.79 Å². The molecule has 1 amide bonds. The van der Waals surface area contributed by atoms with Crippen LogP contribution in [0.3, 0.4) is 0 Å². The first-order valence-electron chi connectivity index (χ1n) is 6.64. The molecule has 4 nitrogen and oxygen atoms in total. The number of hydrogen-bond acceptors (Lipinski definition) is 2. The smallest absolute Gasteiger partial charge is 0.249 e. The largest absolute Gasteiger partial charge is 0.307 e. The second-order valence-electron chi connectivity index (χ2n) is 5.15. The Morgan fingerprint density at radius 1 is 1.29 bits per heavy atom. The van der Waals surface area contributed by atoms with Crippen molar-refractivity contribution in [1.82, 2.24) is 9.78 Å². The number of amides is 1. The Morgan fingerprint density at radius 3 is 2.48 bits per heavy atom. The van der Waals surface area contributed by atoms with Crippen LogP contribution < -0.4 is 5.32 Å². The van der Waals surface area contributed by atoms with Crippen molar-refractivity contribution >= 4 is 27.7 Å². The van der Waals surface area contributed by atoms with E-state index < -0.39 is 0 Å². The van der Waals surface area contributed by atoms with Crippen molar-refractivity contribution in [3.05, 3.63) is 46.1 Å². The van der Waals surface area contributed by atoms with Crippen LogP contribution in [0.4, 0.5) is 5.82 Å². The van der Waals surface area contributed by atoms with Crippen LogP contribution in [-0.2, 0) is 11.8 Å². The summed E-state index contributed by atoms with van der Waals surface area (Å²) in [4.78, 5) is 12.0. The maximum Gasteiger partial charge on any atom is 0.249 e. The molecular weight excluding hydrogens is 330 g/mol. The van der Waals surface area contributed by atoms with Crippen LogP contribution in [0.5, 0.6) is 0 Å². The fourth-order valence-corrected chi connectivity index (χ4v) is 2.44. The molecular formula is C16H18BrN3O. The maximum atomic E-state index is 12.0. The fourth-order valence-electron chi connectivity index (χ4n) is 2.18. The third kappa shape index (κ3) is 3.61. The Hall–Kier alpha value is -1.88. The van der Waals surface area contributed by atoms with E-state index in [1.807, 2.05) is 52.1 Å². The number of allylic oxidation sites excluding steroid dienone is 1. The highest BCUT2D eigenvalue weighted by atomic mass is 79.9. The van der Waals surface area contributed by atoms with Crippen molar-refractivity contribution in [3.63, 3.8) is 0 Å². The maximum absolute atomic E-state index is 12.0. The van der Waals surface area contributed by atoms with Crippen molar-refractivity contribution in [2.24, 2.45) is 7.05 Å². The topological polar surface area (TPSA) is 46.9 Å². The summed E-state index contributed by atoms with van der Waals surface area (Å²) in [5, 5.41) is 7.33. The quantitative estimate of drug-likeness (QED) is 0.851. The summed E-state index contributed by atoms with van der Waals surface area (Å²) in [6, 6.07) is 7.96. The molecule has 0 aliphatic carbocycles. The van der Waals surface area contributed by atoms with Gasteiger partial charge >= 0.3 is 0 Å². The minimum atomic E-state index is -0.142. The van der Waals surface area contributed by atoms with E-state index in [4.69, 9.17) is 0 Å². The normalized spacial score (nSPS) is 10.3. The molecule has 0 saturated heterocycles. The second kappa shape index (κ2) is 6.26. The van der Waals surface area contributed by atoms with E-state index in [1.54, 1.807) is 10.8 Å². The Morgan fingerprint density at radius 2 is 1.90 bits per heavy atom. The van der Waals surface area contributed by atoms with E-state index in [2.05, 4.69) is 26.3 Å². The van der Waals surface area contributed by atoms with Crippen molar-refractivity contribution < 1.29 is 4.79 Å². The number of halogens is 1. The standard InChI is InChI=1S/C16H18BrN3O/c1-10(2)9-14(21)18-16-15(11(3)19-20(16)4)12-5-7-13(17)8-6-12/h5-9H,1-4H3,(H,18,21). The summed E-state index contributed by atoms with van der Waals surface area (Å²) in [6.45, 7) is 5.72. The lowest BCUT2D eigenvalue weighted by Gasteiger charge is -2.08. The number of rotatable bonds is 3. The minimum absolute atomic E-state index is 0.142. The molecule has 0 spiro atoms. The van der Waals surface area contributed by atoms with Gasteiger partial charge in [-0.3, -0.25) is 9.48 Å². The van der Waals surface area contributed by atoms with Gasteiger partial charge in [-0.2, -0.15) is 5.10 Å². The summed E-state index contributed by atoms with van der Waals surface area (Å²) in [5.74, 6) is 0.564. The van der Waals surface area contributed by atoms with Gasteiger partial charge in [0.15, 0.2) is 0 Å². The van der Waals surface area contributed by atoms with Crippen LogP contribution in [0.2, 0.25) is 0 Å². The van der Waals surface area contributed by atoms with Gasteiger partial charge in [0.2, 0.25) is 5.91 Å². The molecule has 0 unspecified atom stereocenters. The van der Waals surface area contributed by atoms with Gasteiger partial charge in [-0.05, 0) is 38.5 Å². The molecule has 110 valence electrons. The molecule has 0 aliphatic rings. The number of benzene rings is 1. The average Bonchev–Trinajstić information content (AvgIpc) is 2.65. The Balaban J connectivity index is 2.45. The average molecular weight is 348 g/mol. The first kappa shape index (κ1) is 15.5. The van der Waals surface area contributed by atoms with Gasteiger partial charge in [-0.15, -0.1) is 0 Å². The number of aryl methyl sites for hydroxylation is 2. The lowest BCUT2D eigenvalue weighted by atomic mass is 10.1. The third-order valence-electron chi connectivity index (χ3n) is 3.02. The highest BCUT2D eigenvalue weighted by molar-refractivity contribution is 9.10. The Labute approximate surface area is 133 Å². The van der Waals surface area contributed by atoms with E-state index >= 15 is 0 Å². The molecule has 0 fully saturated rings. The number of anilines is 1. The first-order valence-corrected chi connectivity index (χ1v) is 7.43. The summed E-state index contributed by atoms with van der Waals surface area (Å²) in [6.07, 6.45) is 1.58. The molecule has 1 aromatic carbocycles. The molecule has 0 aliphatic heterocycles. The number of nitrogens with zero attached hydrogens (tertiary/aromatic N) is 2. The molecule has 1 N–H and O–H groups in total. The molecule has 0 saturated carbocycles. The molecule has 0 radical (unpaired) electrons. The van der Waals surface area contributed by atoms with Gasteiger partial charge in [0.25, 0.3) is 0 Å². The molecule has 0 atom stereocenters. The molecule has 2 rings (SSSR count). The molecule has 2 aromatic rings. The van der Waals surface area contributed by atoms with Crippen LogP contribution in [-0.4, -0.2) is 15.7 Å². The van der Waals surface area contributed by atoms with Gasteiger partial charge in [-0.1, -0.05) is 33.6 Å². The molecule has 21 heavy (non-hydrogen) atoms. The lowest BCUT2D eigenvalue weighted by Crippen LogP contribution is -2.12. The molecule has 1 heterocycles. The second-order valence-corrected chi connectivity index (χ2v) is 6.07. The van der Waals surface area contributed by atoms with Gasteiger partial charge < -0.3 is 5.32 Å². The van der Waals surface area contributed by atoms with E-state index in [1.165, 1.54) is 0 Å². The summed E-state index contributed by atoms with van der Waals surface area (Å²) >= 11 is 3.43. The van der Waals surface area contributed by atoms with Gasteiger partial charge in [-0.25, -0.2) is 0 Å². The Bertz CT molecular complexity index is 695. The SMILES string of the molecule is CC(C)=CC(=O)Nc1c(-c2ccc(Br)cc2)c(C)nn1C. The summed E-state index contributed by atoms with van der Waals surface area (Å²) in [5.41, 5.74) is 3.81. The highest BCUT2D eigenvalue weighted by Gasteiger charge is 2.16. The first-order chi connectivity index (χ1) is 9.88. The fraction of sp³-hybridized carbons (Fsp3) is 0.250. The van der Waals surface area contributed by atoms with E-state index in [-0.39, 0.29) is 5.91 Å². The lowest BCUT2D eigenvalue weighted by molar-refractivity contribution is -0.112. The molecule has 1 aromatic heterocycles. The third-order valence-corrected chi connectivity index (χ3v) is 3.55. The van der Waals surface area contributed by atoms with E-state index in [0.717, 1.165) is 26.9 Å². The van der Waals surface area contributed by atoms with Crippen molar-refractivity contribution in [1.29, 1.82) is 0 Å². The number of aromatic nitrogens is 2. The number of carbonyl (C=O) groups excluding carboxylic acids is 1. The van der Waals surface area contributed by atoms with Crippen molar-refractivity contribution in [3.8, 4) is 11.1 Å². The monoisotopic (exact) mass is 347 g/mol. The predicted octanol–water partition coefficient (Wildman–Crippen LogP) is 4.06. The van der Waals surface area contributed by atoms with Crippen molar-refractivity contribution in [2.75, 3.05) is 5.32 Å². The summed E-state index contributed by atoms with van der Waals surface area (Å²) < 4.78 is 2.71. The van der Waals surface area contributed by atoms with Crippen LogP contribution in [0.15, 0.2) is 40.4 Å². The van der Waals surface area contributed by atoms with Gasteiger partial charge in [0.05, 0.1) is 5.69 Å². The number of hydrogen-bond donors (Lipinski definition) is 1. The minimum Gasteiger partial charge on any atom is -0.307 e. The number of carbonyl (C=O) groups is 1. The summed E-state index contributed by atoms with van der Waals surface area (Å²) in [7, 11) is 1.83. The number of nitrogens with one attached hydrogen (secondary N) is 1. The highest BCUT2D eigenvalue weighted by Crippen LogP contribution is 2.31. The zero-order valence-corrected chi connectivity index (χ0v) is 14.2. The zero-order chi connectivity index (χ0) is 15.6. The van der Waals surface area contributed by atoms with Crippen LogP contribution in [0.1, 0.15) is 19.5 Å². The van der Waals surface area contributed by atoms with Crippen LogP contribution in [0.25, 0.3) is 11.1 Å². The van der Waals surface area contributed by atoms with Gasteiger partial charge in [0.1, 0.15) is 5.82 Å². The van der Waals surface area contributed by atoms with Crippen LogP contribution >= 0.6 is 15.9 Å². The molecule has 0 bridgehead atoms.